The zero-order valence-corrected chi connectivity index (χ0v) is 10.4. The highest BCUT2D eigenvalue weighted by Gasteiger charge is 2.20. The Bertz CT molecular complexity index is 547. The molecule has 0 aliphatic carbocycles. The third-order valence-corrected chi connectivity index (χ3v) is 3.16. The summed E-state index contributed by atoms with van der Waals surface area (Å²) in [4.78, 5) is 23.3. The first-order valence-corrected chi connectivity index (χ1v) is 6.19. The quantitative estimate of drug-likeness (QED) is 0.771. The van der Waals surface area contributed by atoms with Gasteiger partial charge in [-0.2, -0.15) is 0 Å². The number of furan rings is 1. The average Bonchev–Trinajstić information content (AvgIpc) is 2.97. The lowest BCUT2D eigenvalue weighted by atomic mass is 10.3. The topological polar surface area (TPSA) is 62.5 Å². The van der Waals surface area contributed by atoms with Crippen LogP contribution in [0.1, 0.15) is 10.6 Å². The van der Waals surface area contributed by atoms with Crippen molar-refractivity contribution in [2.45, 2.75) is 0 Å². The molecule has 19 heavy (non-hydrogen) atoms. The highest BCUT2D eigenvalue weighted by molar-refractivity contribution is 5.71. The summed E-state index contributed by atoms with van der Waals surface area (Å²) in [5.74, 6) is 1.87. The molecule has 0 unspecified atom stereocenters. The SMILES string of the molecule is O=Cc1ccc(N2CCN(c3ncccn3)CC2)o1. The Kier molecular flexibility index (Phi) is 3.14. The highest BCUT2D eigenvalue weighted by atomic mass is 16.4. The van der Waals surface area contributed by atoms with E-state index in [2.05, 4.69) is 19.8 Å². The van der Waals surface area contributed by atoms with E-state index in [1.165, 1.54) is 0 Å². The van der Waals surface area contributed by atoms with Gasteiger partial charge in [0, 0.05) is 44.6 Å². The lowest BCUT2D eigenvalue weighted by Gasteiger charge is -2.34. The summed E-state index contributed by atoms with van der Waals surface area (Å²) in [6.45, 7) is 3.32. The molecule has 0 aromatic carbocycles. The van der Waals surface area contributed by atoms with Crippen molar-refractivity contribution < 1.29 is 9.21 Å². The number of hydrogen-bond donors (Lipinski definition) is 0. The van der Waals surface area contributed by atoms with Gasteiger partial charge >= 0.3 is 0 Å². The summed E-state index contributed by atoms with van der Waals surface area (Å²) in [6, 6.07) is 5.33. The maximum absolute atomic E-state index is 10.6. The van der Waals surface area contributed by atoms with Crippen LogP contribution in [-0.4, -0.2) is 42.4 Å². The van der Waals surface area contributed by atoms with E-state index in [0.29, 0.717) is 5.76 Å². The maximum atomic E-state index is 10.6. The van der Waals surface area contributed by atoms with Gasteiger partial charge in [-0.25, -0.2) is 9.97 Å². The number of hydrogen-bond acceptors (Lipinski definition) is 6. The van der Waals surface area contributed by atoms with E-state index in [4.69, 9.17) is 4.42 Å². The van der Waals surface area contributed by atoms with Crippen molar-refractivity contribution in [2.24, 2.45) is 0 Å². The summed E-state index contributed by atoms with van der Waals surface area (Å²) in [7, 11) is 0. The van der Waals surface area contributed by atoms with Crippen LogP contribution >= 0.6 is 0 Å². The van der Waals surface area contributed by atoms with Crippen molar-refractivity contribution in [3.05, 3.63) is 36.4 Å². The summed E-state index contributed by atoms with van der Waals surface area (Å²) in [5.41, 5.74) is 0. The minimum atomic E-state index is 0.365. The number of aromatic nitrogens is 2. The van der Waals surface area contributed by atoms with Gasteiger partial charge in [0.05, 0.1) is 0 Å². The van der Waals surface area contributed by atoms with Crippen LogP contribution in [0.25, 0.3) is 0 Å². The zero-order valence-electron chi connectivity index (χ0n) is 10.4. The Morgan fingerprint density at radius 2 is 1.74 bits per heavy atom. The van der Waals surface area contributed by atoms with Crippen LogP contribution in [0, 0.1) is 0 Å². The minimum Gasteiger partial charge on any atom is -0.438 e. The Balaban J connectivity index is 1.65. The minimum absolute atomic E-state index is 0.365. The molecule has 0 saturated carbocycles. The van der Waals surface area contributed by atoms with Crippen molar-refractivity contribution in [3.63, 3.8) is 0 Å². The first-order valence-electron chi connectivity index (χ1n) is 6.19. The Morgan fingerprint density at radius 3 is 2.37 bits per heavy atom. The summed E-state index contributed by atoms with van der Waals surface area (Å²) < 4.78 is 5.42. The van der Waals surface area contributed by atoms with Crippen LogP contribution in [0.15, 0.2) is 35.0 Å². The van der Waals surface area contributed by atoms with Crippen LogP contribution < -0.4 is 9.80 Å². The van der Waals surface area contributed by atoms with E-state index >= 15 is 0 Å². The number of anilines is 2. The third kappa shape index (κ3) is 2.42. The number of nitrogens with zero attached hydrogens (tertiary/aromatic N) is 4. The van der Waals surface area contributed by atoms with Crippen molar-refractivity contribution >= 4 is 18.1 Å². The van der Waals surface area contributed by atoms with Gasteiger partial charge in [0.2, 0.25) is 5.95 Å². The molecule has 1 aliphatic rings. The normalized spacial score (nSPS) is 15.6. The van der Waals surface area contributed by atoms with Gasteiger partial charge in [-0.3, -0.25) is 4.79 Å². The van der Waals surface area contributed by atoms with Crippen molar-refractivity contribution in [3.8, 4) is 0 Å². The second-order valence-corrected chi connectivity index (χ2v) is 4.32. The first-order chi connectivity index (χ1) is 9.36. The van der Waals surface area contributed by atoms with Gasteiger partial charge in [0.1, 0.15) is 0 Å². The van der Waals surface area contributed by atoms with Gasteiger partial charge in [-0.15, -0.1) is 0 Å². The van der Waals surface area contributed by atoms with Gasteiger partial charge in [0.25, 0.3) is 0 Å². The molecule has 0 amide bonds. The second-order valence-electron chi connectivity index (χ2n) is 4.32. The molecular formula is C13H14N4O2. The fraction of sp³-hybridized carbons (Fsp3) is 0.308. The maximum Gasteiger partial charge on any atom is 0.225 e. The van der Waals surface area contributed by atoms with Crippen molar-refractivity contribution in [2.75, 3.05) is 36.0 Å². The molecule has 2 aromatic rings. The number of carbonyl (C=O) groups excluding carboxylic acids is 1. The molecule has 3 heterocycles. The second kappa shape index (κ2) is 5.09. The first kappa shape index (κ1) is 11.7. The number of aldehydes is 1. The molecule has 98 valence electrons. The van der Waals surface area contributed by atoms with E-state index in [1.807, 2.05) is 12.1 Å². The van der Waals surface area contributed by atoms with Gasteiger partial charge in [0.15, 0.2) is 17.9 Å². The van der Waals surface area contributed by atoms with Crippen LogP contribution in [0.3, 0.4) is 0 Å². The van der Waals surface area contributed by atoms with Crippen LogP contribution in [-0.2, 0) is 0 Å². The molecule has 6 nitrogen and oxygen atoms in total. The third-order valence-electron chi connectivity index (χ3n) is 3.16. The van der Waals surface area contributed by atoms with E-state index in [0.717, 1.165) is 44.3 Å². The standard InChI is InChI=1S/C13H14N4O2/c18-10-11-2-3-12(19-11)16-6-8-17(9-7-16)13-14-4-1-5-15-13/h1-5,10H,6-9H2. The zero-order chi connectivity index (χ0) is 13.1. The monoisotopic (exact) mass is 258 g/mol. The lowest BCUT2D eigenvalue weighted by molar-refractivity contribution is 0.110. The largest absolute Gasteiger partial charge is 0.438 e. The molecule has 6 heteroatoms. The van der Waals surface area contributed by atoms with Crippen molar-refractivity contribution in [1.29, 1.82) is 0 Å². The van der Waals surface area contributed by atoms with E-state index in [-0.39, 0.29) is 0 Å². The molecule has 0 radical (unpaired) electrons. The molecule has 0 N–H and O–H groups in total. The smallest absolute Gasteiger partial charge is 0.225 e. The van der Waals surface area contributed by atoms with Gasteiger partial charge in [-0.1, -0.05) is 0 Å². The molecule has 0 bridgehead atoms. The number of rotatable bonds is 3. The predicted molar refractivity (Wildman–Crippen MR) is 70.6 cm³/mol. The van der Waals surface area contributed by atoms with Crippen LogP contribution in [0.2, 0.25) is 0 Å². The predicted octanol–water partition coefficient (Wildman–Crippen LogP) is 1.21. The van der Waals surface area contributed by atoms with E-state index in [9.17, 15) is 4.79 Å². The van der Waals surface area contributed by atoms with E-state index in [1.54, 1.807) is 18.5 Å². The Labute approximate surface area is 110 Å². The molecule has 3 rings (SSSR count). The molecule has 1 aliphatic heterocycles. The molecule has 0 atom stereocenters. The van der Waals surface area contributed by atoms with E-state index < -0.39 is 0 Å². The number of piperazine rings is 1. The molecule has 2 aromatic heterocycles. The average molecular weight is 258 g/mol. The number of carbonyl (C=O) groups is 1. The van der Waals surface area contributed by atoms with Crippen molar-refractivity contribution in [1.82, 2.24) is 9.97 Å². The van der Waals surface area contributed by atoms with Crippen LogP contribution in [0.4, 0.5) is 11.8 Å². The summed E-state index contributed by atoms with van der Waals surface area (Å²) in [6.07, 6.45) is 4.22. The highest BCUT2D eigenvalue weighted by Crippen LogP contribution is 2.20. The molecule has 1 saturated heterocycles. The van der Waals surface area contributed by atoms with Gasteiger partial charge < -0.3 is 14.2 Å². The molecular weight excluding hydrogens is 244 g/mol. The van der Waals surface area contributed by atoms with Gasteiger partial charge in [-0.05, 0) is 12.1 Å². The molecule has 0 spiro atoms. The Morgan fingerprint density at radius 1 is 1.05 bits per heavy atom. The fourth-order valence-corrected chi connectivity index (χ4v) is 2.16. The molecule has 1 fully saturated rings. The summed E-state index contributed by atoms with van der Waals surface area (Å²) in [5, 5.41) is 0. The fourth-order valence-electron chi connectivity index (χ4n) is 2.16. The summed E-state index contributed by atoms with van der Waals surface area (Å²) >= 11 is 0. The Hall–Kier alpha value is -2.37. The lowest BCUT2D eigenvalue weighted by Crippen LogP contribution is -2.47. The van der Waals surface area contributed by atoms with Crippen LogP contribution in [0.5, 0.6) is 0 Å².